The summed E-state index contributed by atoms with van der Waals surface area (Å²) in [5.74, 6) is -3.00. The third-order valence-corrected chi connectivity index (χ3v) is 5.26. The van der Waals surface area contributed by atoms with Gasteiger partial charge in [0.25, 0.3) is 0 Å². The Morgan fingerprint density at radius 2 is 1.88 bits per heavy atom. The van der Waals surface area contributed by atoms with Crippen LogP contribution in [-0.4, -0.2) is 66.5 Å². The standard InChI is InChI=1S/C20H30F3NO2.C2H2O4/c1-3-4-5-11-24-12-9-16(19(15-24)25-2)10-13-26-18-8-6-7-17(14-18)20(21,22)23;3-1(4)2(5)6/h6-8,14,16,19H,3-5,9-13,15H2,1-2H3;(H,3,4)(H,5,6)/t16-,19+;/m1./s1. The highest BCUT2D eigenvalue weighted by molar-refractivity contribution is 6.27. The number of hydrogen-bond donors (Lipinski definition) is 2. The molecule has 0 radical (unpaired) electrons. The largest absolute Gasteiger partial charge is 0.494 e. The van der Waals surface area contributed by atoms with E-state index < -0.39 is 23.7 Å². The second-order valence-electron chi connectivity index (χ2n) is 7.60. The minimum Gasteiger partial charge on any atom is -0.494 e. The summed E-state index contributed by atoms with van der Waals surface area (Å²) >= 11 is 0. The van der Waals surface area contributed by atoms with Crippen LogP contribution in [0.2, 0.25) is 0 Å². The molecule has 1 aliphatic heterocycles. The minimum absolute atomic E-state index is 0.162. The first-order chi connectivity index (χ1) is 15.1. The van der Waals surface area contributed by atoms with Crippen LogP contribution in [0.15, 0.2) is 24.3 Å². The summed E-state index contributed by atoms with van der Waals surface area (Å²) in [6.45, 7) is 5.70. The van der Waals surface area contributed by atoms with Crippen molar-refractivity contribution in [2.75, 3.05) is 33.4 Å². The van der Waals surface area contributed by atoms with Gasteiger partial charge in [-0.25, -0.2) is 9.59 Å². The van der Waals surface area contributed by atoms with Gasteiger partial charge in [-0.15, -0.1) is 0 Å². The third kappa shape index (κ3) is 10.3. The summed E-state index contributed by atoms with van der Waals surface area (Å²) < 4.78 is 49.5. The fraction of sp³-hybridized carbons (Fsp3) is 0.636. The Hall–Kier alpha value is -2.33. The van der Waals surface area contributed by atoms with Crippen molar-refractivity contribution < 1.29 is 42.4 Å². The predicted octanol–water partition coefficient (Wildman–Crippen LogP) is 4.16. The van der Waals surface area contributed by atoms with Gasteiger partial charge >= 0.3 is 18.1 Å². The molecule has 1 aliphatic rings. The molecule has 7 nitrogen and oxygen atoms in total. The van der Waals surface area contributed by atoms with Gasteiger partial charge in [0.1, 0.15) is 5.75 Å². The molecule has 2 atom stereocenters. The molecule has 0 bridgehead atoms. The van der Waals surface area contributed by atoms with Crippen LogP contribution in [0.4, 0.5) is 13.2 Å². The number of piperidine rings is 1. The molecule has 1 saturated heterocycles. The van der Waals surface area contributed by atoms with E-state index in [0.717, 1.165) is 44.6 Å². The second-order valence-corrected chi connectivity index (χ2v) is 7.60. The quantitative estimate of drug-likeness (QED) is 0.419. The van der Waals surface area contributed by atoms with Crippen molar-refractivity contribution in [1.82, 2.24) is 4.90 Å². The molecule has 1 heterocycles. The maximum Gasteiger partial charge on any atom is 0.416 e. The molecule has 0 amide bonds. The Balaban J connectivity index is 0.000000751. The number of ether oxygens (including phenoxy) is 2. The fourth-order valence-electron chi connectivity index (χ4n) is 3.51. The van der Waals surface area contributed by atoms with E-state index in [1.807, 2.05) is 0 Å². The molecule has 0 spiro atoms. The molecular weight excluding hydrogens is 431 g/mol. The maximum absolute atomic E-state index is 12.7. The number of rotatable bonds is 9. The zero-order chi connectivity index (χ0) is 24.1. The van der Waals surface area contributed by atoms with E-state index in [-0.39, 0.29) is 11.9 Å². The molecule has 32 heavy (non-hydrogen) atoms. The average Bonchev–Trinajstić information content (AvgIpc) is 2.74. The highest BCUT2D eigenvalue weighted by Crippen LogP contribution is 2.31. The lowest BCUT2D eigenvalue weighted by Crippen LogP contribution is -2.45. The van der Waals surface area contributed by atoms with Crippen LogP contribution in [0.3, 0.4) is 0 Å². The number of halogens is 3. The first-order valence-corrected chi connectivity index (χ1v) is 10.6. The number of aliphatic carboxylic acids is 2. The van der Waals surface area contributed by atoms with Crippen molar-refractivity contribution >= 4 is 11.9 Å². The topological polar surface area (TPSA) is 96.3 Å². The first kappa shape index (κ1) is 27.7. The van der Waals surface area contributed by atoms with Gasteiger partial charge in [-0.1, -0.05) is 25.8 Å². The second kappa shape index (κ2) is 13.9. The van der Waals surface area contributed by atoms with Crippen LogP contribution >= 0.6 is 0 Å². The number of carbonyl (C=O) groups is 2. The molecule has 0 unspecified atom stereocenters. The Kier molecular flexibility index (Phi) is 12.1. The average molecular weight is 463 g/mol. The Labute approximate surface area is 186 Å². The van der Waals surface area contributed by atoms with Gasteiger partial charge < -0.3 is 24.6 Å². The van der Waals surface area contributed by atoms with Crippen molar-refractivity contribution in [2.45, 2.75) is 51.3 Å². The fourth-order valence-corrected chi connectivity index (χ4v) is 3.51. The molecule has 0 aliphatic carbocycles. The summed E-state index contributed by atoms with van der Waals surface area (Å²) in [6.07, 6.45) is 1.34. The van der Waals surface area contributed by atoms with E-state index in [4.69, 9.17) is 29.3 Å². The molecule has 10 heteroatoms. The van der Waals surface area contributed by atoms with Crippen molar-refractivity contribution in [3.05, 3.63) is 29.8 Å². The third-order valence-electron chi connectivity index (χ3n) is 5.26. The van der Waals surface area contributed by atoms with E-state index in [1.165, 1.54) is 25.3 Å². The van der Waals surface area contributed by atoms with Gasteiger partial charge in [0.05, 0.1) is 18.3 Å². The number of alkyl halides is 3. The summed E-state index contributed by atoms with van der Waals surface area (Å²) in [4.78, 5) is 20.7. The van der Waals surface area contributed by atoms with Gasteiger partial charge in [-0.05, 0) is 56.5 Å². The summed E-state index contributed by atoms with van der Waals surface area (Å²) in [6, 6.07) is 5.07. The summed E-state index contributed by atoms with van der Waals surface area (Å²) in [5, 5.41) is 14.8. The zero-order valence-electron chi connectivity index (χ0n) is 18.4. The van der Waals surface area contributed by atoms with Crippen molar-refractivity contribution in [3.8, 4) is 5.75 Å². The number of carboxylic acids is 2. The summed E-state index contributed by atoms with van der Waals surface area (Å²) in [5.41, 5.74) is -0.676. The van der Waals surface area contributed by atoms with E-state index in [2.05, 4.69) is 11.8 Å². The van der Waals surface area contributed by atoms with Gasteiger partial charge in [0, 0.05) is 13.7 Å². The number of likely N-dealkylation sites (tertiary alicyclic amines) is 1. The molecule has 1 fully saturated rings. The van der Waals surface area contributed by atoms with Crippen molar-refractivity contribution in [3.63, 3.8) is 0 Å². The normalized spacial score (nSPS) is 19.0. The molecule has 1 aromatic carbocycles. The van der Waals surface area contributed by atoms with Gasteiger partial charge in [-0.3, -0.25) is 0 Å². The molecule has 2 rings (SSSR count). The van der Waals surface area contributed by atoms with Crippen LogP contribution in [0.5, 0.6) is 5.75 Å². The Bertz CT molecular complexity index is 701. The minimum atomic E-state index is -4.34. The van der Waals surface area contributed by atoms with Crippen LogP contribution in [-0.2, 0) is 20.5 Å². The van der Waals surface area contributed by atoms with E-state index in [1.54, 1.807) is 13.2 Å². The van der Waals surface area contributed by atoms with E-state index in [9.17, 15) is 13.2 Å². The number of benzene rings is 1. The van der Waals surface area contributed by atoms with Gasteiger partial charge in [0.15, 0.2) is 0 Å². The SMILES string of the molecule is CCCCCN1CC[C@H](CCOc2cccc(C(F)(F)F)c2)[C@@H](OC)C1.O=C(O)C(=O)O. The lowest BCUT2D eigenvalue weighted by atomic mass is 9.90. The molecule has 1 aromatic rings. The Morgan fingerprint density at radius 1 is 1.19 bits per heavy atom. The summed E-state index contributed by atoms with van der Waals surface area (Å²) in [7, 11) is 1.74. The van der Waals surface area contributed by atoms with Crippen LogP contribution in [0.25, 0.3) is 0 Å². The number of nitrogens with zero attached hydrogens (tertiary/aromatic N) is 1. The van der Waals surface area contributed by atoms with Crippen molar-refractivity contribution in [2.24, 2.45) is 5.92 Å². The monoisotopic (exact) mass is 463 g/mol. The van der Waals surface area contributed by atoms with Crippen LogP contribution < -0.4 is 4.74 Å². The Morgan fingerprint density at radius 3 is 2.44 bits per heavy atom. The molecule has 0 aromatic heterocycles. The number of unbranched alkanes of at least 4 members (excludes halogenated alkanes) is 2. The maximum atomic E-state index is 12.7. The lowest BCUT2D eigenvalue weighted by molar-refractivity contribution is -0.159. The smallest absolute Gasteiger partial charge is 0.416 e. The molecule has 0 saturated carbocycles. The highest BCUT2D eigenvalue weighted by atomic mass is 19.4. The van der Waals surface area contributed by atoms with Gasteiger partial charge in [-0.2, -0.15) is 13.2 Å². The first-order valence-electron chi connectivity index (χ1n) is 10.6. The van der Waals surface area contributed by atoms with E-state index in [0.29, 0.717) is 12.5 Å². The van der Waals surface area contributed by atoms with Crippen molar-refractivity contribution in [1.29, 1.82) is 0 Å². The van der Waals surface area contributed by atoms with Crippen LogP contribution in [0, 0.1) is 5.92 Å². The molecule has 182 valence electrons. The van der Waals surface area contributed by atoms with Gasteiger partial charge in [0.2, 0.25) is 0 Å². The zero-order valence-corrected chi connectivity index (χ0v) is 18.4. The predicted molar refractivity (Wildman–Crippen MR) is 112 cm³/mol. The highest BCUT2D eigenvalue weighted by Gasteiger charge is 2.31. The molecule has 2 N–H and O–H groups in total. The number of methoxy groups -OCH3 is 1. The number of hydrogen-bond acceptors (Lipinski definition) is 5. The lowest BCUT2D eigenvalue weighted by Gasteiger charge is -2.37. The van der Waals surface area contributed by atoms with E-state index >= 15 is 0 Å². The van der Waals surface area contributed by atoms with Crippen LogP contribution in [0.1, 0.15) is 44.6 Å². The number of carboxylic acid groups (broad SMARTS) is 2. The molecular formula is C22H32F3NO6.